The monoisotopic (exact) mass is 475 g/mol. The number of carbonyl (C=O) groups excluding carboxylic acids is 1. The van der Waals surface area contributed by atoms with E-state index in [9.17, 15) is 4.79 Å². The maximum absolute atomic E-state index is 12.3. The van der Waals surface area contributed by atoms with Crippen LogP contribution in [0.15, 0.2) is 6.20 Å². The summed E-state index contributed by atoms with van der Waals surface area (Å²) in [5, 5.41) is 8.86. The summed E-state index contributed by atoms with van der Waals surface area (Å²) in [6, 6.07) is 0.345. The summed E-state index contributed by atoms with van der Waals surface area (Å²) in [4.78, 5) is 26.5. The molecule has 0 radical (unpaired) electrons. The fourth-order valence-corrected chi connectivity index (χ4v) is 6.45. The molecule has 1 saturated carbocycles. The van der Waals surface area contributed by atoms with Crippen LogP contribution >= 0.6 is 22.7 Å². The standard InChI is InChI=1S/C24H37N5OS2/c1-16(2)13-26-24-28-21-15-29(11-9-22(21)32-24)10-8-18-4-6-19(7-5-18)27-23(30)12-20-14-25-17(3)31-20/h14,16,18-19H,4-13,15H2,1-3H3,(H,26,28)(H,27,30). The first-order chi connectivity index (χ1) is 15.4. The highest BCUT2D eigenvalue weighted by Crippen LogP contribution is 2.30. The van der Waals surface area contributed by atoms with Crippen LogP contribution in [0.5, 0.6) is 0 Å². The lowest BCUT2D eigenvalue weighted by Crippen LogP contribution is -2.39. The Morgan fingerprint density at radius 2 is 2.06 bits per heavy atom. The molecule has 0 unspecified atom stereocenters. The van der Waals surface area contributed by atoms with Crippen LogP contribution in [0, 0.1) is 18.8 Å². The number of nitrogens with zero attached hydrogens (tertiary/aromatic N) is 3. The average Bonchev–Trinajstić information content (AvgIpc) is 3.36. The van der Waals surface area contributed by atoms with Gasteiger partial charge in [-0.2, -0.15) is 0 Å². The molecule has 4 rings (SSSR count). The number of nitrogens with one attached hydrogen (secondary N) is 2. The number of thiazole rings is 2. The summed E-state index contributed by atoms with van der Waals surface area (Å²) in [5.74, 6) is 1.57. The van der Waals surface area contributed by atoms with Gasteiger partial charge >= 0.3 is 0 Å². The lowest BCUT2D eigenvalue weighted by Gasteiger charge is -2.32. The van der Waals surface area contributed by atoms with Gasteiger partial charge in [-0.25, -0.2) is 9.97 Å². The summed E-state index contributed by atoms with van der Waals surface area (Å²) in [6.07, 6.45) is 9.36. The molecule has 2 N–H and O–H groups in total. The number of aryl methyl sites for hydroxylation is 1. The van der Waals surface area contributed by atoms with Gasteiger partial charge in [0.1, 0.15) is 0 Å². The van der Waals surface area contributed by atoms with E-state index in [1.807, 2.05) is 24.5 Å². The molecule has 176 valence electrons. The van der Waals surface area contributed by atoms with Crippen LogP contribution in [-0.2, 0) is 24.2 Å². The molecule has 0 spiro atoms. The topological polar surface area (TPSA) is 70.2 Å². The molecule has 2 aromatic rings. The molecule has 0 atom stereocenters. The van der Waals surface area contributed by atoms with Crippen molar-refractivity contribution in [1.82, 2.24) is 20.2 Å². The molecule has 1 aliphatic heterocycles. The lowest BCUT2D eigenvalue weighted by atomic mass is 9.84. The molecular weight excluding hydrogens is 438 g/mol. The predicted molar refractivity (Wildman–Crippen MR) is 133 cm³/mol. The van der Waals surface area contributed by atoms with Gasteiger partial charge in [0.05, 0.1) is 17.1 Å². The Hall–Kier alpha value is -1.51. The molecule has 32 heavy (non-hydrogen) atoms. The second-order valence-corrected chi connectivity index (χ2v) is 12.2. The molecule has 1 fully saturated rings. The van der Waals surface area contributed by atoms with E-state index in [4.69, 9.17) is 4.98 Å². The molecule has 2 aromatic heterocycles. The molecule has 6 nitrogen and oxygen atoms in total. The van der Waals surface area contributed by atoms with Crippen LogP contribution in [0.2, 0.25) is 0 Å². The van der Waals surface area contributed by atoms with Crippen molar-refractivity contribution in [3.8, 4) is 0 Å². The van der Waals surface area contributed by atoms with Crippen molar-refractivity contribution in [2.24, 2.45) is 11.8 Å². The molecule has 1 aliphatic carbocycles. The number of carbonyl (C=O) groups is 1. The second-order valence-electron chi connectivity index (χ2n) is 9.79. The fourth-order valence-electron chi connectivity index (χ4n) is 4.70. The van der Waals surface area contributed by atoms with E-state index in [-0.39, 0.29) is 5.91 Å². The number of hydrogen-bond acceptors (Lipinski definition) is 7. The molecule has 2 aliphatic rings. The third kappa shape index (κ3) is 6.75. The molecule has 8 heteroatoms. The third-order valence-corrected chi connectivity index (χ3v) is 8.57. The molecule has 0 saturated heterocycles. The Kier molecular flexibility index (Phi) is 8.18. The first kappa shape index (κ1) is 23.6. The number of aromatic nitrogens is 2. The summed E-state index contributed by atoms with van der Waals surface area (Å²) in [7, 11) is 0. The van der Waals surface area contributed by atoms with Gasteiger partial charge in [-0.05, 0) is 63.8 Å². The summed E-state index contributed by atoms with van der Waals surface area (Å²) in [5.41, 5.74) is 1.29. The van der Waals surface area contributed by atoms with Crippen LogP contribution in [0.4, 0.5) is 5.13 Å². The van der Waals surface area contributed by atoms with Gasteiger partial charge in [0.15, 0.2) is 5.13 Å². The van der Waals surface area contributed by atoms with Crippen molar-refractivity contribution in [1.29, 1.82) is 0 Å². The molecule has 0 aromatic carbocycles. The number of anilines is 1. The van der Waals surface area contributed by atoms with Gasteiger partial charge in [-0.3, -0.25) is 9.69 Å². The van der Waals surface area contributed by atoms with Crippen LogP contribution in [-0.4, -0.2) is 46.5 Å². The van der Waals surface area contributed by atoms with Crippen LogP contribution in [0.1, 0.15) is 66.4 Å². The van der Waals surface area contributed by atoms with Crippen molar-refractivity contribution in [2.75, 3.05) is 25.0 Å². The zero-order valence-corrected chi connectivity index (χ0v) is 21.3. The first-order valence-corrected chi connectivity index (χ1v) is 13.7. The number of amides is 1. The smallest absolute Gasteiger partial charge is 0.225 e. The van der Waals surface area contributed by atoms with Crippen molar-refractivity contribution in [2.45, 2.75) is 78.3 Å². The highest BCUT2D eigenvalue weighted by atomic mass is 32.1. The van der Waals surface area contributed by atoms with E-state index < -0.39 is 0 Å². The van der Waals surface area contributed by atoms with Gasteiger partial charge in [0, 0.05) is 41.6 Å². The van der Waals surface area contributed by atoms with Gasteiger partial charge in [0.25, 0.3) is 0 Å². The Bertz CT molecular complexity index is 885. The minimum atomic E-state index is 0.145. The highest BCUT2D eigenvalue weighted by molar-refractivity contribution is 7.15. The Labute approximate surface area is 200 Å². The normalized spacial score (nSPS) is 21.5. The van der Waals surface area contributed by atoms with Crippen molar-refractivity contribution >= 4 is 33.7 Å². The minimum Gasteiger partial charge on any atom is -0.361 e. The zero-order chi connectivity index (χ0) is 22.5. The number of fused-ring (bicyclic) bond motifs is 1. The van der Waals surface area contributed by atoms with Crippen LogP contribution in [0.3, 0.4) is 0 Å². The van der Waals surface area contributed by atoms with Gasteiger partial charge in [-0.15, -0.1) is 22.7 Å². The van der Waals surface area contributed by atoms with Crippen molar-refractivity contribution in [3.05, 3.63) is 26.7 Å². The molecule has 0 bridgehead atoms. The van der Waals surface area contributed by atoms with E-state index in [2.05, 4.69) is 34.4 Å². The van der Waals surface area contributed by atoms with Gasteiger partial charge in [0.2, 0.25) is 5.91 Å². The predicted octanol–water partition coefficient (Wildman–Crippen LogP) is 4.64. The summed E-state index contributed by atoms with van der Waals surface area (Å²) in [6.45, 7) is 10.7. The average molecular weight is 476 g/mol. The molecular formula is C24H37N5OS2. The third-order valence-electron chi connectivity index (χ3n) is 6.54. The van der Waals surface area contributed by atoms with Crippen LogP contribution < -0.4 is 10.6 Å². The van der Waals surface area contributed by atoms with E-state index in [1.165, 1.54) is 29.8 Å². The zero-order valence-electron chi connectivity index (χ0n) is 19.7. The van der Waals surface area contributed by atoms with Crippen molar-refractivity contribution in [3.63, 3.8) is 0 Å². The second kappa shape index (κ2) is 11.1. The van der Waals surface area contributed by atoms with Crippen molar-refractivity contribution < 1.29 is 4.79 Å². The van der Waals surface area contributed by atoms with E-state index in [0.717, 1.165) is 66.4 Å². The van der Waals surface area contributed by atoms with E-state index in [1.54, 1.807) is 11.3 Å². The Balaban J connectivity index is 1.14. The Morgan fingerprint density at radius 3 is 2.78 bits per heavy atom. The van der Waals surface area contributed by atoms with Gasteiger partial charge in [-0.1, -0.05) is 13.8 Å². The maximum atomic E-state index is 12.3. The van der Waals surface area contributed by atoms with E-state index in [0.29, 0.717) is 18.4 Å². The first-order valence-electron chi connectivity index (χ1n) is 12.1. The summed E-state index contributed by atoms with van der Waals surface area (Å²) >= 11 is 3.46. The molecule has 1 amide bonds. The Morgan fingerprint density at radius 1 is 1.25 bits per heavy atom. The molecule has 3 heterocycles. The fraction of sp³-hybridized carbons (Fsp3) is 0.708. The largest absolute Gasteiger partial charge is 0.361 e. The number of rotatable bonds is 9. The van der Waals surface area contributed by atoms with Crippen LogP contribution in [0.25, 0.3) is 0 Å². The SMILES string of the molecule is Cc1ncc(CC(=O)NC2CCC(CCN3CCc4sc(NCC(C)C)nc4C3)CC2)s1. The lowest BCUT2D eigenvalue weighted by molar-refractivity contribution is -0.121. The number of hydrogen-bond donors (Lipinski definition) is 2. The quantitative estimate of drug-likeness (QED) is 0.553. The highest BCUT2D eigenvalue weighted by Gasteiger charge is 2.25. The van der Waals surface area contributed by atoms with Gasteiger partial charge < -0.3 is 10.6 Å². The van der Waals surface area contributed by atoms with E-state index >= 15 is 0 Å². The minimum absolute atomic E-state index is 0.145. The maximum Gasteiger partial charge on any atom is 0.225 e. The summed E-state index contributed by atoms with van der Waals surface area (Å²) < 4.78 is 0.